The van der Waals surface area contributed by atoms with Gasteiger partial charge in [-0.25, -0.2) is 4.68 Å². The molecule has 0 saturated heterocycles. The molecule has 0 amide bonds. The van der Waals surface area contributed by atoms with E-state index in [9.17, 15) is 14.9 Å². The quantitative estimate of drug-likeness (QED) is 0.661. The lowest BCUT2D eigenvalue weighted by Gasteiger charge is -2.07. The smallest absolute Gasteiger partial charge is 0.274 e. The van der Waals surface area contributed by atoms with Crippen LogP contribution < -0.4 is 5.56 Å². The molecule has 0 fully saturated rings. The van der Waals surface area contributed by atoms with Crippen molar-refractivity contribution in [2.75, 3.05) is 0 Å². The molecule has 0 aliphatic heterocycles. The number of nitrogens with one attached hydrogen (secondary N) is 1. The number of nitro benzene ring substituents is 1. The molecule has 6 nitrogen and oxygen atoms in total. The van der Waals surface area contributed by atoms with Crippen LogP contribution in [0.4, 0.5) is 5.69 Å². The molecule has 1 aliphatic carbocycles. The van der Waals surface area contributed by atoms with Gasteiger partial charge in [0.1, 0.15) is 0 Å². The van der Waals surface area contributed by atoms with Gasteiger partial charge in [-0.15, -0.1) is 0 Å². The van der Waals surface area contributed by atoms with E-state index in [4.69, 9.17) is 0 Å². The van der Waals surface area contributed by atoms with Crippen LogP contribution in [-0.4, -0.2) is 14.7 Å². The number of nitrogens with zero attached hydrogens (tertiary/aromatic N) is 2. The summed E-state index contributed by atoms with van der Waals surface area (Å²) < 4.78 is 1.47. The van der Waals surface area contributed by atoms with Crippen LogP contribution in [-0.2, 0) is 12.8 Å². The second-order valence-electron chi connectivity index (χ2n) is 4.69. The number of nitro groups is 1. The Labute approximate surface area is 108 Å². The molecule has 1 N–H and O–H groups in total. The second kappa shape index (κ2) is 4.38. The van der Waals surface area contributed by atoms with Gasteiger partial charge in [-0.3, -0.25) is 20.0 Å². The number of aromatic nitrogens is 2. The van der Waals surface area contributed by atoms with Crippen LogP contribution in [0.15, 0.2) is 29.1 Å². The lowest BCUT2D eigenvalue weighted by Crippen LogP contribution is -2.17. The maximum atomic E-state index is 12.2. The van der Waals surface area contributed by atoms with E-state index in [0.29, 0.717) is 5.69 Å². The number of hydrogen-bond donors (Lipinski definition) is 1. The van der Waals surface area contributed by atoms with Gasteiger partial charge in [0.25, 0.3) is 11.2 Å². The Kier molecular flexibility index (Phi) is 2.70. The van der Waals surface area contributed by atoms with Gasteiger partial charge >= 0.3 is 0 Å². The van der Waals surface area contributed by atoms with Gasteiger partial charge in [0.15, 0.2) is 0 Å². The van der Waals surface area contributed by atoms with Gasteiger partial charge in [-0.1, -0.05) is 0 Å². The first-order valence-electron chi connectivity index (χ1n) is 6.24. The molecule has 1 aliphatic rings. The maximum Gasteiger partial charge on any atom is 0.274 e. The third-order valence-electron chi connectivity index (χ3n) is 3.49. The summed E-state index contributed by atoms with van der Waals surface area (Å²) in [6, 6.07) is 5.98. The van der Waals surface area contributed by atoms with Crippen molar-refractivity contribution >= 4 is 5.69 Å². The zero-order valence-corrected chi connectivity index (χ0v) is 10.3. The van der Waals surface area contributed by atoms with Crippen molar-refractivity contribution < 1.29 is 4.92 Å². The molecule has 0 spiro atoms. The van der Waals surface area contributed by atoms with Crippen LogP contribution in [0.3, 0.4) is 0 Å². The van der Waals surface area contributed by atoms with E-state index in [1.165, 1.54) is 16.8 Å². The van der Waals surface area contributed by atoms with Crippen LogP contribution in [0.5, 0.6) is 0 Å². The van der Waals surface area contributed by atoms with Gasteiger partial charge < -0.3 is 0 Å². The number of H-pyrrole nitrogens is 1. The number of fused-ring (bicyclic) bond motifs is 1. The summed E-state index contributed by atoms with van der Waals surface area (Å²) in [6.07, 6.45) is 3.84. The Balaban J connectivity index is 2.05. The SMILES string of the molecule is O=c1c2c([nH]n1-c1ccc([N+](=O)[O-])cc1)CCCC2. The third kappa shape index (κ3) is 1.95. The molecule has 1 heterocycles. The van der Waals surface area contributed by atoms with E-state index >= 15 is 0 Å². The third-order valence-corrected chi connectivity index (χ3v) is 3.49. The minimum Gasteiger partial charge on any atom is -0.295 e. The summed E-state index contributed by atoms with van der Waals surface area (Å²) in [5, 5.41) is 13.7. The molecular weight excluding hydrogens is 246 g/mol. The monoisotopic (exact) mass is 259 g/mol. The van der Waals surface area contributed by atoms with Crippen molar-refractivity contribution in [1.82, 2.24) is 9.78 Å². The van der Waals surface area contributed by atoms with Gasteiger partial charge in [0.2, 0.25) is 0 Å². The average Bonchev–Trinajstić information content (AvgIpc) is 2.77. The highest BCUT2D eigenvalue weighted by molar-refractivity contribution is 5.41. The zero-order chi connectivity index (χ0) is 13.4. The molecule has 19 heavy (non-hydrogen) atoms. The number of benzene rings is 1. The minimum atomic E-state index is -0.452. The average molecular weight is 259 g/mol. The predicted octanol–water partition coefficient (Wildman–Crippen LogP) is 1.95. The van der Waals surface area contributed by atoms with Crippen LogP contribution in [0.25, 0.3) is 5.69 Å². The van der Waals surface area contributed by atoms with Crippen LogP contribution in [0, 0.1) is 10.1 Å². The lowest BCUT2D eigenvalue weighted by molar-refractivity contribution is -0.384. The van der Waals surface area contributed by atoms with Crippen LogP contribution >= 0.6 is 0 Å². The highest BCUT2D eigenvalue weighted by Crippen LogP contribution is 2.19. The summed E-state index contributed by atoms with van der Waals surface area (Å²) in [5.74, 6) is 0. The Morgan fingerprint density at radius 2 is 1.84 bits per heavy atom. The van der Waals surface area contributed by atoms with Crippen molar-refractivity contribution in [2.45, 2.75) is 25.7 Å². The van der Waals surface area contributed by atoms with Crippen LogP contribution in [0.2, 0.25) is 0 Å². The molecule has 0 atom stereocenters. The van der Waals surface area contributed by atoms with Gasteiger partial charge in [0.05, 0.1) is 10.6 Å². The molecule has 6 heteroatoms. The minimum absolute atomic E-state index is 0.0214. The van der Waals surface area contributed by atoms with Crippen molar-refractivity contribution in [3.05, 3.63) is 56.0 Å². The Morgan fingerprint density at radius 3 is 2.47 bits per heavy atom. The first-order valence-corrected chi connectivity index (χ1v) is 6.24. The van der Waals surface area contributed by atoms with E-state index in [-0.39, 0.29) is 11.2 Å². The zero-order valence-electron chi connectivity index (χ0n) is 10.3. The fourth-order valence-electron chi connectivity index (χ4n) is 2.49. The highest BCUT2D eigenvalue weighted by atomic mass is 16.6. The summed E-state index contributed by atoms with van der Waals surface area (Å²) in [6.45, 7) is 0. The van der Waals surface area contributed by atoms with Crippen molar-refractivity contribution in [1.29, 1.82) is 0 Å². The number of aryl methyl sites for hydroxylation is 1. The summed E-state index contributed by atoms with van der Waals surface area (Å²) >= 11 is 0. The summed E-state index contributed by atoms with van der Waals surface area (Å²) in [4.78, 5) is 22.4. The highest BCUT2D eigenvalue weighted by Gasteiger charge is 2.18. The number of non-ortho nitro benzene ring substituents is 1. The molecule has 1 aromatic carbocycles. The molecule has 0 saturated carbocycles. The number of hydrogen-bond acceptors (Lipinski definition) is 3. The van der Waals surface area contributed by atoms with Gasteiger partial charge in [-0.05, 0) is 37.8 Å². The van der Waals surface area contributed by atoms with E-state index in [1.807, 2.05) is 0 Å². The summed E-state index contributed by atoms with van der Waals surface area (Å²) in [7, 11) is 0. The fraction of sp³-hybridized carbons (Fsp3) is 0.308. The molecule has 0 unspecified atom stereocenters. The lowest BCUT2D eigenvalue weighted by atomic mass is 9.98. The molecule has 3 rings (SSSR count). The van der Waals surface area contributed by atoms with Gasteiger partial charge in [0, 0.05) is 23.4 Å². The van der Waals surface area contributed by atoms with Gasteiger partial charge in [-0.2, -0.15) is 0 Å². The van der Waals surface area contributed by atoms with E-state index < -0.39 is 4.92 Å². The topological polar surface area (TPSA) is 80.9 Å². The Hall–Kier alpha value is -2.37. The molecular formula is C13H13N3O3. The number of rotatable bonds is 2. The van der Waals surface area contributed by atoms with Crippen molar-refractivity contribution in [2.24, 2.45) is 0 Å². The van der Waals surface area contributed by atoms with E-state index in [0.717, 1.165) is 36.9 Å². The van der Waals surface area contributed by atoms with Crippen LogP contribution in [0.1, 0.15) is 24.1 Å². The summed E-state index contributed by atoms with van der Waals surface area (Å²) in [5.41, 5.74) is 2.46. The normalized spacial score (nSPS) is 14.1. The fourth-order valence-corrected chi connectivity index (χ4v) is 2.49. The maximum absolute atomic E-state index is 12.2. The Bertz CT molecular complexity index is 682. The molecule has 0 bridgehead atoms. The largest absolute Gasteiger partial charge is 0.295 e. The predicted molar refractivity (Wildman–Crippen MR) is 69.7 cm³/mol. The molecule has 1 aromatic heterocycles. The van der Waals surface area contributed by atoms with Crippen molar-refractivity contribution in [3.8, 4) is 5.69 Å². The molecule has 2 aromatic rings. The van der Waals surface area contributed by atoms with E-state index in [2.05, 4.69) is 5.10 Å². The molecule has 98 valence electrons. The number of aromatic amines is 1. The first kappa shape index (κ1) is 11.7. The Morgan fingerprint density at radius 1 is 1.16 bits per heavy atom. The van der Waals surface area contributed by atoms with Crippen molar-refractivity contribution in [3.63, 3.8) is 0 Å². The molecule has 0 radical (unpaired) electrons. The van der Waals surface area contributed by atoms with E-state index in [1.54, 1.807) is 12.1 Å². The second-order valence-corrected chi connectivity index (χ2v) is 4.69. The standard InChI is InChI=1S/C13H13N3O3/c17-13-11-3-1-2-4-12(11)14-15(13)9-5-7-10(8-6-9)16(18)19/h5-8,14H,1-4H2. The first-order chi connectivity index (χ1) is 9.16.